The summed E-state index contributed by atoms with van der Waals surface area (Å²) in [5.74, 6) is 0.739. The van der Waals surface area contributed by atoms with E-state index in [0.717, 1.165) is 11.6 Å². The molecule has 102 valence electrons. The van der Waals surface area contributed by atoms with Crippen LogP contribution in [0.4, 0.5) is 11.6 Å². The number of imidazole rings is 1. The molecule has 1 atom stereocenters. The van der Waals surface area contributed by atoms with Crippen LogP contribution in [-0.4, -0.2) is 23.3 Å². The van der Waals surface area contributed by atoms with Crippen LogP contribution in [0.3, 0.4) is 0 Å². The number of benzene rings is 1. The van der Waals surface area contributed by atoms with Gasteiger partial charge in [0.2, 0.25) is 5.95 Å². The summed E-state index contributed by atoms with van der Waals surface area (Å²) in [5, 5.41) is 4.25. The monoisotopic (exact) mass is 299 g/mol. The first-order chi connectivity index (χ1) is 9.11. The normalized spacial score (nSPS) is 12.4. The lowest BCUT2D eigenvalue weighted by atomic mass is 10.3. The van der Waals surface area contributed by atoms with Crippen LogP contribution < -0.4 is 5.32 Å². The molecule has 0 spiro atoms. The van der Waals surface area contributed by atoms with Gasteiger partial charge >= 0.3 is 0 Å². The summed E-state index contributed by atoms with van der Waals surface area (Å²) < 4.78 is 7.16. The summed E-state index contributed by atoms with van der Waals surface area (Å²) in [6, 6.07) is 5.56. The van der Waals surface area contributed by atoms with Gasteiger partial charge in [-0.2, -0.15) is 0 Å². The van der Waals surface area contributed by atoms with Gasteiger partial charge in [-0.15, -0.1) is 0 Å². The second-order valence-electron chi connectivity index (χ2n) is 4.22. The summed E-state index contributed by atoms with van der Waals surface area (Å²) >= 11 is 11.9. The van der Waals surface area contributed by atoms with Crippen molar-refractivity contribution in [2.24, 2.45) is 0 Å². The number of methoxy groups -OCH3 is 1. The molecule has 1 unspecified atom stereocenters. The van der Waals surface area contributed by atoms with Gasteiger partial charge in [0, 0.05) is 25.2 Å². The second-order valence-corrected chi connectivity index (χ2v) is 5.03. The van der Waals surface area contributed by atoms with Gasteiger partial charge in [0.25, 0.3) is 0 Å². The molecule has 6 heteroatoms. The predicted octanol–water partition coefficient (Wildman–Crippen LogP) is 4.14. The molecule has 0 aliphatic carbocycles. The predicted molar refractivity (Wildman–Crippen MR) is 78.6 cm³/mol. The molecule has 2 aromatic rings. The first kappa shape index (κ1) is 14.2. The zero-order chi connectivity index (χ0) is 13.8. The minimum atomic E-state index is 0.192. The molecular weight excluding hydrogens is 285 g/mol. The molecule has 1 aromatic heterocycles. The Morgan fingerprint density at radius 1 is 1.37 bits per heavy atom. The van der Waals surface area contributed by atoms with Crippen LogP contribution in [-0.2, 0) is 4.74 Å². The number of aromatic nitrogens is 2. The van der Waals surface area contributed by atoms with Crippen molar-refractivity contribution in [2.45, 2.75) is 13.0 Å². The van der Waals surface area contributed by atoms with Crippen molar-refractivity contribution in [3.8, 4) is 0 Å². The Kier molecular flexibility index (Phi) is 4.69. The van der Waals surface area contributed by atoms with E-state index in [-0.39, 0.29) is 6.04 Å². The highest BCUT2D eigenvalue weighted by Gasteiger charge is 2.10. The van der Waals surface area contributed by atoms with Gasteiger partial charge < -0.3 is 14.6 Å². The van der Waals surface area contributed by atoms with Gasteiger partial charge in [0.05, 0.1) is 22.7 Å². The third-order valence-electron chi connectivity index (χ3n) is 2.73. The van der Waals surface area contributed by atoms with E-state index in [1.165, 1.54) is 0 Å². The fraction of sp³-hybridized carbons (Fsp3) is 0.308. The Morgan fingerprint density at radius 2 is 2.16 bits per heavy atom. The molecule has 0 fully saturated rings. The zero-order valence-electron chi connectivity index (χ0n) is 10.7. The number of nitrogens with one attached hydrogen (secondary N) is 1. The van der Waals surface area contributed by atoms with E-state index in [1.807, 2.05) is 16.8 Å². The molecule has 0 amide bonds. The molecule has 0 bridgehead atoms. The Bertz CT molecular complexity index is 557. The van der Waals surface area contributed by atoms with Crippen LogP contribution in [0.15, 0.2) is 30.6 Å². The standard InChI is InChI=1S/C13H15Cl2N3O/c1-9(8-19-2)18-6-5-16-13(18)17-10-3-4-11(14)12(15)7-10/h3-7,9H,8H2,1-2H3,(H,16,17). The van der Waals surface area contributed by atoms with Gasteiger partial charge in [-0.25, -0.2) is 4.98 Å². The molecule has 0 aliphatic heterocycles. The van der Waals surface area contributed by atoms with Crippen LogP contribution in [0.5, 0.6) is 0 Å². The summed E-state index contributed by atoms with van der Waals surface area (Å²) in [6.07, 6.45) is 3.65. The van der Waals surface area contributed by atoms with Gasteiger partial charge in [-0.05, 0) is 25.1 Å². The summed E-state index contributed by atoms with van der Waals surface area (Å²) in [7, 11) is 1.68. The van der Waals surface area contributed by atoms with Gasteiger partial charge in [0.15, 0.2) is 0 Å². The van der Waals surface area contributed by atoms with E-state index in [4.69, 9.17) is 27.9 Å². The van der Waals surface area contributed by atoms with Crippen molar-refractivity contribution in [2.75, 3.05) is 19.0 Å². The smallest absolute Gasteiger partial charge is 0.207 e. The average Bonchev–Trinajstić information content (AvgIpc) is 2.82. The first-order valence-electron chi connectivity index (χ1n) is 5.85. The minimum Gasteiger partial charge on any atom is -0.383 e. The summed E-state index contributed by atoms with van der Waals surface area (Å²) in [5.41, 5.74) is 0.839. The molecule has 0 radical (unpaired) electrons. The van der Waals surface area contributed by atoms with E-state index in [9.17, 15) is 0 Å². The Morgan fingerprint density at radius 3 is 2.84 bits per heavy atom. The van der Waals surface area contributed by atoms with E-state index in [2.05, 4.69) is 17.2 Å². The maximum atomic E-state index is 5.99. The number of anilines is 2. The van der Waals surface area contributed by atoms with Crippen LogP contribution in [0, 0.1) is 0 Å². The lowest BCUT2D eigenvalue weighted by Gasteiger charge is -2.16. The van der Waals surface area contributed by atoms with Crippen molar-refractivity contribution in [1.29, 1.82) is 0 Å². The van der Waals surface area contributed by atoms with Crippen molar-refractivity contribution in [3.05, 3.63) is 40.6 Å². The maximum absolute atomic E-state index is 5.99. The average molecular weight is 300 g/mol. The first-order valence-corrected chi connectivity index (χ1v) is 6.61. The number of rotatable bonds is 5. The minimum absolute atomic E-state index is 0.192. The van der Waals surface area contributed by atoms with E-state index < -0.39 is 0 Å². The number of hydrogen-bond donors (Lipinski definition) is 1. The van der Waals surface area contributed by atoms with E-state index in [0.29, 0.717) is 16.7 Å². The van der Waals surface area contributed by atoms with Crippen molar-refractivity contribution in [1.82, 2.24) is 9.55 Å². The lowest BCUT2D eigenvalue weighted by molar-refractivity contribution is 0.163. The van der Waals surface area contributed by atoms with Crippen molar-refractivity contribution < 1.29 is 4.74 Å². The Hall–Kier alpha value is -1.23. The van der Waals surface area contributed by atoms with Crippen molar-refractivity contribution >= 4 is 34.8 Å². The maximum Gasteiger partial charge on any atom is 0.207 e. The van der Waals surface area contributed by atoms with Crippen LogP contribution in [0.2, 0.25) is 10.0 Å². The topological polar surface area (TPSA) is 39.1 Å². The van der Waals surface area contributed by atoms with Gasteiger partial charge in [-0.1, -0.05) is 23.2 Å². The van der Waals surface area contributed by atoms with Crippen molar-refractivity contribution in [3.63, 3.8) is 0 Å². The zero-order valence-corrected chi connectivity index (χ0v) is 12.2. The molecule has 1 heterocycles. The van der Waals surface area contributed by atoms with Gasteiger partial charge in [0.1, 0.15) is 0 Å². The number of nitrogens with zero attached hydrogens (tertiary/aromatic N) is 2. The lowest BCUT2D eigenvalue weighted by Crippen LogP contribution is -2.12. The molecule has 0 saturated heterocycles. The molecular formula is C13H15Cl2N3O. The van der Waals surface area contributed by atoms with Gasteiger partial charge in [-0.3, -0.25) is 0 Å². The highest BCUT2D eigenvalue weighted by atomic mass is 35.5. The number of hydrogen-bond acceptors (Lipinski definition) is 3. The van der Waals surface area contributed by atoms with Crippen LogP contribution in [0.25, 0.3) is 0 Å². The molecule has 1 N–H and O–H groups in total. The summed E-state index contributed by atoms with van der Waals surface area (Å²) in [4.78, 5) is 4.29. The summed E-state index contributed by atoms with van der Waals surface area (Å²) in [6.45, 7) is 2.68. The molecule has 1 aromatic carbocycles. The highest BCUT2D eigenvalue weighted by molar-refractivity contribution is 6.42. The fourth-order valence-electron chi connectivity index (χ4n) is 1.79. The largest absolute Gasteiger partial charge is 0.383 e. The number of halogens is 2. The Labute approximate surface area is 122 Å². The highest BCUT2D eigenvalue weighted by Crippen LogP contribution is 2.27. The fourth-order valence-corrected chi connectivity index (χ4v) is 2.09. The SMILES string of the molecule is COCC(C)n1ccnc1Nc1ccc(Cl)c(Cl)c1. The molecule has 2 rings (SSSR count). The molecule has 4 nitrogen and oxygen atoms in total. The Balaban J connectivity index is 2.19. The molecule has 0 saturated carbocycles. The quantitative estimate of drug-likeness (QED) is 0.902. The van der Waals surface area contributed by atoms with E-state index in [1.54, 1.807) is 25.4 Å². The third kappa shape index (κ3) is 3.41. The molecule has 0 aliphatic rings. The molecule has 19 heavy (non-hydrogen) atoms. The third-order valence-corrected chi connectivity index (χ3v) is 3.47. The second kappa shape index (κ2) is 6.28. The number of ether oxygens (including phenoxy) is 1. The van der Waals surface area contributed by atoms with Crippen LogP contribution in [0.1, 0.15) is 13.0 Å². The van der Waals surface area contributed by atoms with E-state index >= 15 is 0 Å². The van der Waals surface area contributed by atoms with Crippen LogP contribution >= 0.6 is 23.2 Å².